The molecule has 0 amide bonds. The van der Waals surface area contributed by atoms with Gasteiger partial charge in [-0.2, -0.15) is 0 Å². The number of rotatable bonds is 5. The van der Waals surface area contributed by atoms with E-state index in [0.717, 1.165) is 18.6 Å². The normalized spacial score (nSPS) is 14.8. The minimum Gasteiger partial charge on any atom is -0.387 e. The van der Waals surface area contributed by atoms with Gasteiger partial charge in [-0.15, -0.1) is 0 Å². The van der Waals surface area contributed by atoms with Gasteiger partial charge in [-0.25, -0.2) is 8.78 Å². The predicted octanol–water partition coefficient (Wildman–Crippen LogP) is 2.39. The summed E-state index contributed by atoms with van der Waals surface area (Å²) in [5, 5.41) is 12.8. The Labute approximate surface area is 94.3 Å². The van der Waals surface area contributed by atoms with Crippen LogP contribution >= 0.6 is 0 Å². The van der Waals surface area contributed by atoms with Crippen LogP contribution in [0, 0.1) is 11.6 Å². The Morgan fingerprint density at radius 3 is 2.62 bits per heavy atom. The lowest BCUT2D eigenvalue weighted by atomic mass is 10.1. The standard InChI is InChI=1S/C12H17F2NO/c1-3-8(2)15-7-12(16)10-5-4-9(13)6-11(10)14/h4-6,8,12,15-16H,3,7H2,1-2H3. The molecule has 1 aromatic carbocycles. The highest BCUT2D eigenvalue weighted by molar-refractivity contribution is 5.21. The largest absolute Gasteiger partial charge is 0.387 e. The van der Waals surface area contributed by atoms with E-state index < -0.39 is 17.7 Å². The highest BCUT2D eigenvalue weighted by Gasteiger charge is 2.13. The van der Waals surface area contributed by atoms with Gasteiger partial charge >= 0.3 is 0 Å². The van der Waals surface area contributed by atoms with Crippen LogP contribution < -0.4 is 5.32 Å². The molecular formula is C12H17F2NO. The summed E-state index contributed by atoms with van der Waals surface area (Å²) < 4.78 is 25.9. The number of aliphatic hydroxyl groups is 1. The second-order valence-electron chi connectivity index (χ2n) is 3.90. The first kappa shape index (κ1) is 13.1. The summed E-state index contributed by atoms with van der Waals surface area (Å²) >= 11 is 0. The van der Waals surface area contributed by atoms with Crippen LogP contribution in [0.4, 0.5) is 8.78 Å². The molecule has 0 aliphatic carbocycles. The van der Waals surface area contributed by atoms with Gasteiger partial charge < -0.3 is 10.4 Å². The number of nitrogens with one attached hydrogen (secondary N) is 1. The van der Waals surface area contributed by atoms with E-state index in [0.29, 0.717) is 0 Å². The zero-order chi connectivity index (χ0) is 12.1. The van der Waals surface area contributed by atoms with Crippen molar-refractivity contribution in [2.45, 2.75) is 32.4 Å². The highest BCUT2D eigenvalue weighted by atomic mass is 19.1. The summed E-state index contributed by atoms with van der Waals surface area (Å²) in [5.74, 6) is -1.35. The zero-order valence-corrected chi connectivity index (χ0v) is 9.50. The number of hydrogen-bond donors (Lipinski definition) is 2. The van der Waals surface area contributed by atoms with Crippen LogP contribution in [0.1, 0.15) is 31.9 Å². The van der Waals surface area contributed by atoms with Crippen LogP contribution in [0.2, 0.25) is 0 Å². The van der Waals surface area contributed by atoms with Crippen molar-refractivity contribution >= 4 is 0 Å². The maximum absolute atomic E-state index is 13.3. The molecule has 1 aromatic rings. The third kappa shape index (κ3) is 3.54. The summed E-state index contributed by atoms with van der Waals surface area (Å²) in [7, 11) is 0. The van der Waals surface area contributed by atoms with Crippen LogP contribution in [-0.4, -0.2) is 17.7 Å². The van der Waals surface area contributed by atoms with E-state index in [-0.39, 0.29) is 18.2 Å². The molecule has 2 nitrogen and oxygen atoms in total. The maximum Gasteiger partial charge on any atom is 0.131 e. The van der Waals surface area contributed by atoms with E-state index in [2.05, 4.69) is 5.32 Å². The topological polar surface area (TPSA) is 32.3 Å². The predicted molar refractivity (Wildman–Crippen MR) is 59.1 cm³/mol. The lowest BCUT2D eigenvalue weighted by Crippen LogP contribution is -2.30. The summed E-state index contributed by atoms with van der Waals surface area (Å²) in [6.07, 6.45) is -0.0203. The molecule has 0 aliphatic heterocycles. The molecule has 0 bridgehead atoms. The zero-order valence-electron chi connectivity index (χ0n) is 9.50. The van der Waals surface area contributed by atoms with Gasteiger partial charge in [0.2, 0.25) is 0 Å². The Morgan fingerprint density at radius 1 is 1.38 bits per heavy atom. The summed E-state index contributed by atoms with van der Waals surface area (Å²) in [6, 6.07) is 3.46. The van der Waals surface area contributed by atoms with Gasteiger partial charge in [-0.05, 0) is 19.4 Å². The Morgan fingerprint density at radius 2 is 2.06 bits per heavy atom. The highest BCUT2D eigenvalue weighted by Crippen LogP contribution is 2.17. The first-order chi connectivity index (χ1) is 7.54. The molecule has 90 valence electrons. The number of hydrogen-bond acceptors (Lipinski definition) is 2. The molecule has 2 unspecified atom stereocenters. The second-order valence-corrected chi connectivity index (χ2v) is 3.90. The van der Waals surface area contributed by atoms with Crippen LogP contribution in [0.25, 0.3) is 0 Å². The van der Waals surface area contributed by atoms with Crippen molar-refractivity contribution in [2.75, 3.05) is 6.54 Å². The van der Waals surface area contributed by atoms with Crippen molar-refractivity contribution in [1.29, 1.82) is 0 Å². The second kappa shape index (κ2) is 5.92. The smallest absolute Gasteiger partial charge is 0.131 e. The molecule has 0 fully saturated rings. The van der Waals surface area contributed by atoms with Gasteiger partial charge in [0, 0.05) is 24.2 Å². The summed E-state index contributed by atoms with van der Waals surface area (Å²) in [4.78, 5) is 0. The summed E-state index contributed by atoms with van der Waals surface area (Å²) in [5.41, 5.74) is 0.122. The maximum atomic E-state index is 13.3. The fourth-order valence-corrected chi connectivity index (χ4v) is 1.34. The summed E-state index contributed by atoms with van der Waals surface area (Å²) in [6.45, 7) is 4.26. The third-order valence-corrected chi connectivity index (χ3v) is 2.59. The van der Waals surface area contributed by atoms with Gasteiger partial charge in [0.15, 0.2) is 0 Å². The van der Waals surface area contributed by atoms with E-state index in [1.54, 1.807) is 0 Å². The molecular weight excluding hydrogens is 212 g/mol. The van der Waals surface area contributed by atoms with Crippen LogP contribution in [0.15, 0.2) is 18.2 Å². The Bertz CT molecular complexity index is 344. The molecule has 2 N–H and O–H groups in total. The molecule has 0 saturated carbocycles. The molecule has 0 aliphatic rings. The molecule has 0 radical (unpaired) electrons. The van der Waals surface area contributed by atoms with Crippen molar-refractivity contribution in [3.05, 3.63) is 35.4 Å². The quantitative estimate of drug-likeness (QED) is 0.812. The van der Waals surface area contributed by atoms with Crippen molar-refractivity contribution in [3.63, 3.8) is 0 Å². The molecule has 16 heavy (non-hydrogen) atoms. The number of benzene rings is 1. The van der Waals surface area contributed by atoms with Crippen LogP contribution in [-0.2, 0) is 0 Å². The first-order valence-corrected chi connectivity index (χ1v) is 5.41. The average Bonchev–Trinajstić information content (AvgIpc) is 2.25. The monoisotopic (exact) mass is 229 g/mol. The Hall–Kier alpha value is -1.00. The van der Waals surface area contributed by atoms with Crippen molar-refractivity contribution in [2.24, 2.45) is 0 Å². The van der Waals surface area contributed by atoms with E-state index in [1.165, 1.54) is 6.07 Å². The van der Waals surface area contributed by atoms with Crippen molar-refractivity contribution in [1.82, 2.24) is 5.32 Å². The van der Waals surface area contributed by atoms with Crippen molar-refractivity contribution in [3.8, 4) is 0 Å². The fourth-order valence-electron chi connectivity index (χ4n) is 1.34. The van der Waals surface area contributed by atoms with Crippen molar-refractivity contribution < 1.29 is 13.9 Å². The molecule has 2 atom stereocenters. The molecule has 0 saturated heterocycles. The third-order valence-electron chi connectivity index (χ3n) is 2.59. The molecule has 0 spiro atoms. The van der Waals surface area contributed by atoms with Gasteiger partial charge in [-0.3, -0.25) is 0 Å². The minimum absolute atomic E-state index is 0.122. The van der Waals surface area contributed by atoms with Gasteiger partial charge in [0.05, 0.1) is 6.10 Å². The van der Waals surface area contributed by atoms with E-state index in [9.17, 15) is 13.9 Å². The van der Waals surface area contributed by atoms with E-state index in [1.807, 2.05) is 13.8 Å². The lowest BCUT2D eigenvalue weighted by Gasteiger charge is -2.16. The number of halogens is 2. The van der Waals surface area contributed by atoms with Gasteiger partial charge in [0.25, 0.3) is 0 Å². The molecule has 1 rings (SSSR count). The van der Waals surface area contributed by atoms with Gasteiger partial charge in [0.1, 0.15) is 11.6 Å². The van der Waals surface area contributed by atoms with Crippen LogP contribution in [0.5, 0.6) is 0 Å². The van der Waals surface area contributed by atoms with Gasteiger partial charge in [-0.1, -0.05) is 13.0 Å². The Balaban J connectivity index is 2.62. The van der Waals surface area contributed by atoms with E-state index >= 15 is 0 Å². The molecule has 0 aromatic heterocycles. The molecule has 0 heterocycles. The Kier molecular flexibility index (Phi) is 4.83. The average molecular weight is 229 g/mol. The first-order valence-electron chi connectivity index (χ1n) is 5.41. The number of aliphatic hydroxyl groups excluding tert-OH is 1. The minimum atomic E-state index is -0.949. The lowest BCUT2D eigenvalue weighted by molar-refractivity contribution is 0.165. The van der Waals surface area contributed by atoms with Crippen LogP contribution in [0.3, 0.4) is 0 Å². The molecule has 4 heteroatoms. The SMILES string of the molecule is CCC(C)NCC(O)c1ccc(F)cc1F. The fraction of sp³-hybridized carbons (Fsp3) is 0.500. The van der Waals surface area contributed by atoms with E-state index in [4.69, 9.17) is 0 Å².